The van der Waals surface area contributed by atoms with Gasteiger partial charge in [-0.15, -0.1) is 0 Å². The number of carbonyl (C=O) groups excluding carboxylic acids is 2. The van der Waals surface area contributed by atoms with E-state index >= 15 is 0 Å². The Labute approximate surface area is 122 Å². The third-order valence-corrected chi connectivity index (χ3v) is 4.80. The smallest absolute Gasteiger partial charge is 0.246 e. The molecule has 2 amide bonds. The first-order valence-electron chi connectivity index (χ1n) is 8.12. The maximum atomic E-state index is 12.5. The van der Waals surface area contributed by atoms with E-state index in [0.29, 0.717) is 0 Å². The molecule has 4 heteroatoms. The second kappa shape index (κ2) is 6.59. The number of carbonyl (C=O) groups is 2. The van der Waals surface area contributed by atoms with Crippen LogP contribution in [0.2, 0.25) is 0 Å². The lowest BCUT2D eigenvalue weighted by atomic mass is 9.82. The predicted molar refractivity (Wildman–Crippen MR) is 79.1 cm³/mol. The van der Waals surface area contributed by atoms with Crippen LogP contribution in [0.4, 0.5) is 0 Å². The summed E-state index contributed by atoms with van der Waals surface area (Å²) in [4.78, 5) is 26.2. The molecule has 20 heavy (non-hydrogen) atoms. The first-order chi connectivity index (χ1) is 9.52. The van der Waals surface area contributed by atoms with Crippen LogP contribution in [0.3, 0.4) is 0 Å². The molecule has 2 aliphatic rings. The fourth-order valence-corrected chi connectivity index (χ4v) is 3.61. The third kappa shape index (κ3) is 3.33. The Morgan fingerprint density at radius 3 is 2.40 bits per heavy atom. The lowest BCUT2D eigenvalue weighted by Gasteiger charge is -2.42. The van der Waals surface area contributed by atoms with Crippen LogP contribution >= 0.6 is 0 Å². The van der Waals surface area contributed by atoms with E-state index in [1.165, 1.54) is 25.7 Å². The Morgan fingerprint density at radius 1 is 1.20 bits per heavy atom. The number of nitrogens with zero attached hydrogens (tertiary/aromatic N) is 1. The van der Waals surface area contributed by atoms with E-state index < -0.39 is 0 Å². The molecule has 0 aromatic rings. The summed E-state index contributed by atoms with van der Waals surface area (Å²) in [6.07, 6.45) is 7.08. The molecule has 0 bridgehead atoms. The molecule has 1 atom stereocenters. The Bertz CT molecular complexity index is 359. The molecule has 0 aromatic carbocycles. The molecule has 0 spiro atoms. The van der Waals surface area contributed by atoms with Gasteiger partial charge in [0.2, 0.25) is 11.8 Å². The van der Waals surface area contributed by atoms with E-state index in [0.717, 1.165) is 18.8 Å². The molecule has 4 nitrogen and oxygen atoms in total. The van der Waals surface area contributed by atoms with Crippen molar-refractivity contribution in [3.8, 4) is 0 Å². The van der Waals surface area contributed by atoms with Crippen LogP contribution in [0.5, 0.6) is 0 Å². The summed E-state index contributed by atoms with van der Waals surface area (Å²) in [5, 5.41) is 2.83. The van der Waals surface area contributed by atoms with E-state index in [9.17, 15) is 9.59 Å². The van der Waals surface area contributed by atoms with Crippen molar-refractivity contribution in [2.24, 2.45) is 11.8 Å². The van der Waals surface area contributed by atoms with Crippen molar-refractivity contribution in [2.75, 3.05) is 6.54 Å². The zero-order chi connectivity index (χ0) is 14.7. The molecule has 2 rings (SSSR count). The Kier molecular flexibility index (Phi) is 5.06. The van der Waals surface area contributed by atoms with Crippen molar-refractivity contribution in [3.63, 3.8) is 0 Å². The van der Waals surface area contributed by atoms with E-state index in [1.54, 1.807) is 0 Å². The Hall–Kier alpha value is -1.06. The van der Waals surface area contributed by atoms with Crippen molar-refractivity contribution in [1.29, 1.82) is 0 Å². The molecule has 1 saturated carbocycles. The van der Waals surface area contributed by atoms with E-state index in [-0.39, 0.29) is 36.4 Å². The number of nitrogens with one attached hydrogen (secondary N) is 1. The molecule has 1 saturated heterocycles. The van der Waals surface area contributed by atoms with Crippen LogP contribution in [0, 0.1) is 11.8 Å². The zero-order valence-electron chi connectivity index (χ0n) is 13.0. The van der Waals surface area contributed by atoms with Crippen molar-refractivity contribution < 1.29 is 9.59 Å². The molecule has 1 aliphatic carbocycles. The molecule has 1 unspecified atom stereocenters. The minimum atomic E-state index is -0.329. The fraction of sp³-hybridized carbons (Fsp3) is 0.875. The predicted octanol–water partition coefficient (Wildman–Crippen LogP) is 2.33. The highest BCUT2D eigenvalue weighted by atomic mass is 16.2. The van der Waals surface area contributed by atoms with Gasteiger partial charge in [0, 0.05) is 6.04 Å². The Balaban J connectivity index is 1.97. The SMILES string of the molecule is CCCC1CCC(N2CC(=O)NC(C(C)C)C2=O)CC1. The van der Waals surface area contributed by atoms with Gasteiger partial charge in [-0.05, 0) is 37.5 Å². The molecule has 1 aliphatic heterocycles. The number of hydrogen-bond acceptors (Lipinski definition) is 2. The van der Waals surface area contributed by atoms with Gasteiger partial charge in [0.05, 0.1) is 6.54 Å². The molecule has 0 aromatic heterocycles. The number of piperazine rings is 1. The van der Waals surface area contributed by atoms with Crippen LogP contribution < -0.4 is 5.32 Å². The lowest BCUT2D eigenvalue weighted by Crippen LogP contribution is -2.62. The molecular formula is C16H28N2O2. The second-order valence-corrected chi connectivity index (χ2v) is 6.72. The van der Waals surface area contributed by atoms with Gasteiger partial charge in [-0.3, -0.25) is 9.59 Å². The summed E-state index contributed by atoms with van der Waals surface area (Å²) in [7, 11) is 0. The van der Waals surface area contributed by atoms with Crippen LogP contribution in [-0.4, -0.2) is 35.3 Å². The highest BCUT2D eigenvalue weighted by molar-refractivity contribution is 5.95. The van der Waals surface area contributed by atoms with Gasteiger partial charge in [0.1, 0.15) is 6.04 Å². The minimum Gasteiger partial charge on any atom is -0.343 e. The Morgan fingerprint density at radius 2 is 1.85 bits per heavy atom. The molecule has 1 N–H and O–H groups in total. The van der Waals surface area contributed by atoms with Gasteiger partial charge >= 0.3 is 0 Å². The van der Waals surface area contributed by atoms with Crippen LogP contribution in [0.1, 0.15) is 59.3 Å². The molecule has 1 heterocycles. The molecule has 0 radical (unpaired) electrons. The first kappa shape index (κ1) is 15.3. The van der Waals surface area contributed by atoms with Gasteiger partial charge in [0.15, 0.2) is 0 Å². The first-order valence-corrected chi connectivity index (χ1v) is 8.12. The van der Waals surface area contributed by atoms with E-state index in [4.69, 9.17) is 0 Å². The average Bonchev–Trinajstić information content (AvgIpc) is 2.42. The second-order valence-electron chi connectivity index (χ2n) is 6.72. The van der Waals surface area contributed by atoms with Crippen molar-refractivity contribution in [2.45, 2.75) is 71.4 Å². The summed E-state index contributed by atoms with van der Waals surface area (Å²) in [5.74, 6) is 1.11. The summed E-state index contributed by atoms with van der Waals surface area (Å²) < 4.78 is 0. The minimum absolute atomic E-state index is 0.000943. The monoisotopic (exact) mass is 280 g/mol. The van der Waals surface area contributed by atoms with Gasteiger partial charge < -0.3 is 10.2 Å². The van der Waals surface area contributed by atoms with Crippen molar-refractivity contribution >= 4 is 11.8 Å². The normalized spacial score (nSPS) is 31.6. The van der Waals surface area contributed by atoms with E-state index in [1.807, 2.05) is 18.7 Å². The van der Waals surface area contributed by atoms with Crippen LogP contribution in [0.25, 0.3) is 0 Å². The highest BCUT2D eigenvalue weighted by Crippen LogP contribution is 2.31. The third-order valence-electron chi connectivity index (χ3n) is 4.80. The fourth-order valence-electron chi connectivity index (χ4n) is 3.61. The number of hydrogen-bond donors (Lipinski definition) is 1. The number of amides is 2. The lowest BCUT2D eigenvalue weighted by molar-refractivity contribution is -0.148. The summed E-state index contributed by atoms with van der Waals surface area (Å²) in [6, 6.07) is -0.0486. The van der Waals surface area contributed by atoms with E-state index in [2.05, 4.69) is 12.2 Å². The van der Waals surface area contributed by atoms with Gasteiger partial charge in [-0.25, -0.2) is 0 Å². The number of rotatable bonds is 4. The summed E-state index contributed by atoms with van der Waals surface area (Å²) >= 11 is 0. The maximum Gasteiger partial charge on any atom is 0.246 e. The standard InChI is InChI=1S/C16H28N2O2/c1-4-5-12-6-8-13(9-7-12)18-10-14(19)17-15(11(2)3)16(18)20/h11-13,15H,4-10H2,1-3H3,(H,17,19). The summed E-state index contributed by atoms with van der Waals surface area (Å²) in [6.45, 7) is 6.47. The quantitative estimate of drug-likeness (QED) is 0.859. The topological polar surface area (TPSA) is 49.4 Å². The van der Waals surface area contributed by atoms with Gasteiger partial charge in [-0.1, -0.05) is 33.6 Å². The van der Waals surface area contributed by atoms with Crippen molar-refractivity contribution in [3.05, 3.63) is 0 Å². The zero-order valence-corrected chi connectivity index (χ0v) is 13.0. The maximum absolute atomic E-state index is 12.5. The largest absolute Gasteiger partial charge is 0.343 e. The summed E-state index contributed by atoms with van der Waals surface area (Å²) in [5.41, 5.74) is 0. The average molecular weight is 280 g/mol. The van der Waals surface area contributed by atoms with Crippen LogP contribution in [0.15, 0.2) is 0 Å². The van der Waals surface area contributed by atoms with Crippen LogP contribution in [-0.2, 0) is 9.59 Å². The molecule has 114 valence electrons. The van der Waals surface area contributed by atoms with Gasteiger partial charge in [0.25, 0.3) is 0 Å². The van der Waals surface area contributed by atoms with Gasteiger partial charge in [-0.2, -0.15) is 0 Å². The highest BCUT2D eigenvalue weighted by Gasteiger charge is 2.38. The molecule has 2 fully saturated rings. The molecular weight excluding hydrogens is 252 g/mol. The van der Waals surface area contributed by atoms with Crippen molar-refractivity contribution in [1.82, 2.24) is 10.2 Å².